The van der Waals surface area contributed by atoms with Gasteiger partial charge in [-0.1, -0.05) is 15.9 Å². The lowest BCUT2D eigenvalue weighted by Gasteiger charge is -2.05. The molecule has 0 amide bonds. The zero-order chi connectivity index (χ0) is 12.3. The van der Waals surface area contributed by atoms with Crippen molar-refractivity contribution in [1.82, 2.24) is 4.98 Å². The van der Waals surface area contributed by atoms with Gasteiger partial charge in [-0.25, -0.2) is 4.98 Å². The highest BCUT2D eigenvalue weighted by Gasteiger charge is 2.11. The van der Waals surface area contributed by atoms with E-state index in [-0.39, 0.29) is 0 Å². The van der Waals surface area contributed by atoms with Crippen molar-refractivity contribution in [1.29, 1.82) is 0 Å². The molecular formula is C12H11BrClNO2. The topological polar surface area (TPSA) is 35.3 Å². The Balaban J connectivity index is 2.37. The first-order chi connectivity index (χ1) is 8.24. The normalized spacial score (nSPS) is 10.5. The van der Waals surface area contributed by atoms with Crippen LogP contribution in [0.15, 0.2) is 33.3 Å². The van der Waals surface area contributed by atoms with Gasteiger partial charge in [-0.3, -0.25) is 0 Å². The van der Waals surface area contributed by atoms with Crippen LogP contribution in [0.1, 0.15) is 5.89 Å². The number of halogens is 2. The van der Waals surface area contributed by atoms with Crippen molar-refractivity contribution in [3.05, 3.63) is 34.8 Å². The first-order valence-electron chi connectivity index (χ1n) is 5.09. The van der Waals surface area contributed by atoms with E-state index < -0.39 is 0 Å². The lowest BCUT2D eigenvalue weighted by Crippen LogP contribution is -1.87. The maximum atomic E-state index is 5.64. The summed E-state index contributed by atoms with van der Waals surface area (Å²) < 4.78 is 11.9. The van der Waals surface area contributed by atoms with Gasteiger partial charge in [-0.15, -0.1) is 11.6 Å². The average molecular weight is 317 g/mol. The van der Waals surface area contributed by atoms with E-state index in [2.05, 4.69) is 20.9 Å². The standard InChI is InChI=1S/C12H11BrClNO2/c1-16-10-6-8(13)2-3-9(10)11-7-15-12(17-11)4-5-14/h2-3,6-7H,4-5H2,1H3. The summed E-state index contributed by atoms with van der Waals surface area (Å²) in [6.07, 6.45) is 2.31. The van der Waals surface area contributed by atoms with Crippen LogP contribution < -0.4 is 4.74 Å². The highest BCUT2D eigenvalue weighted by Crippen LogP contribution is 2.32. The maximum absolute atomic E-state index is 5.64. The second-order valence-corrected chi connectivity index (χ2v) is 4.70. The molecule has 5 heteroatoms. The molecule has 0 fully saturated rings. The summed E-state index contributed by atoms with van der Waals surface area (Å²) in [5.74, 6) is 2.57. The van der Waals surface area contributed by atoms with Crippen LogP contribution in [-0.2, 0) is 6.42 Å². The van der Waals surface area contributed by atoms with E-state index >= 15 is 0 Å². The van der Waals surface area contributed by atoms with E-state index in [1.807, 2.05) is 18.2 Å². The van der Waals surface area contributed by atoms with Crippen LogP contribution in [0.25, 0.3) is 11.3 Å². The number of nitrogens with zero attached hydrogens (tertiary/aromatic N) is 1. The number of methoxy groups -OCH3 is 1. The molecule has 90 valence electrons. The van der Waals surface area contributed by atoms with Crippen LogP contribution in [-0.4, -0.2) is 18.0 Å². The fourth-order valence-corrected chi connectivity index (χ4v) is 2.00. The Hall–Kier alpha value is -1.00. The molecule has 2 aromatic rings. The first-order valence-corrected chi connectivity index (χ1v) is 6.42. The molecule has 1 aromatic heterocycles. The average Bonchev–Trinajstić information content (AvgIpc) is 2.78. The number of aromatic nitrogens is 1. The molecule has 0 bridgehead atoms. The predicted molar refractivity (Wildman–Crippen MR) is 70.6 cm³/mol. The molecule has 17 heavy (non-hydrogen) atoms. The minimum Gasteiger partial charge on any atom is -0.496 e. The summed E-state index contributed by atoms with van der Waals surface area (Å²) in [5.41, 5.74) is 0.879. The summed E-state index contributed by atoms with van der Waals surface area (Å²) in [5, 5.41) is 0. The van der Waals surface area contributed by atoms with Gasteiger partial charge in [0.1, 0.15) is 5.75 Å². The molecule has 0 aliphatic rings. The van der Waals surface area contributed by atoms with Gasteiger partial charge in [0, 0.05) is 16.8 Å². The number of alkyl halides is 1. The van der Waals surface area contributed by atoms with Crippen molar-refractivity contribution in [3.8, 4) is 17.1 Å². The third kappa shape index (κ3) is 2.82. The van der Waals surface area contributed by atoms with Crippen molar-refractivity contribution in [2.45, 2.75) is 6.42 Å². The number of hydrogen-bond acceptors (Lipinski definition) is 3. The third-order valence-corrected chi connectivity index (χ3v) is 2.97. The molecule has 0 N–H and O–H groups in total. The van der Waals surface area contributed by atoms with Crippen molar-refractivity contribution >= 4 is 27.5 Å². The van der Waals surface area contributed by atoms with Gasteiger partial charge in [-0.2, -0.15) is 0 Å². The monoisotopic (exact) mass is 315 g/mol. The smallest absolute Gasteiger partial charge is 0.196 e. The third-order valence-electron chi connectivity index (χ3n) is 2.29. The highest BCUT2D eigenvalue weighted by molar-refractivity contribution is 9.10. The largest absolute Gasteiger partial charge is 0.496 e. The molecule has 0 aliphatic carbocycles. The molecule has 0 atom stereocenters. The molecule has 1 heterocycles. The van der Waals surface area contributed by atoms with Crippen molar-refractivity contribution in [2.75, 3.05) is 13.0 Å². The Labute approximate surface area is 113 Å². The van der Waals surface area contributed by atoms with Crippen LogP contribution in [0.4, 0.5) is 0 Å². The van der Waals surface area contributed by atoms with E-state index in [9.17, 15) is 0 Å². The lowest BCUT2D eigenvalue weighted by molar-refractivity contribution is 0.413. The summed E-state index contributed by atoms with van der Waals surface area (Å²) in [4.78, 5) is 4.16. The summed E-state index contributed by atoms with van der Waals surface area (Å²) >= 11 is 9.04. The number of aryl methyl sites for hydroxylation is 1. The molecule has 3 nitrogen and oxygen atoms in total. The van der Waals surface area contributed by atoms with Crippen molar-refractivity contribution < 1.29 is 9.15 Å². The Morgan fingerprint density at radius 1 is 1.47 bits per heavy atom. The van der Waals surface area contributed by atoms with Crippen LogP contribution in [0.3, 0.4) is 0 Å². The molecule has 0 radical (unpaired) electrons. The fraction of sp³-hybridized carbons (Fsp3) is 0.250. The molecule has 0 spiro atoms. The lowest BCUT2D eigenvalue weighted by atomic mass is 10.1. The van der Waals surface area contributed by atoms with Crippen LogP contribution in [0.2, 0.25) is 0 Å². The van der Waals surface area contributed by atoms with Gasteiger partial charge in [0.25, 0.3) is 0 Å². The van der Waals surface area contributed by atoms with Gasteiger partial charge >= 0.3 is 0 Å². The van der Waals surface area contributed by atoms with Crippen molar-refractivity contribution in [3.63, 3.8) is 0 Å². The van der Waals surface area contributed by atoms with E-state index in [1.54, 1.807) is 13.3 Å². The molecule has 2 rings (SSSR count). The Bertz CT molecular complexity index is 513. The summed E-state index contributed by atoms with van der Waals surface area (Å²) in [6, 6.07) is 5.74. The van der Waals surface area contributed by atoms with Crippen LogP contribution in [0, 0.1) is 0 Å². The van der Waals surface area contributed by atoms with Gasteiger partial charge in [-0.05, 0) is 18.2 Å². The van der Waals surface area contributed by atoms with Crippen LogP contribution in [0.5, 0.6) is 5.75 Å². The van der Waals surface area contributed by atoms with Gasteiger partial charge in [0.15, 0.2) is 11.7 Å². The van der Waals surface area contributed by atoms with E-state index in [4.69, 9.17) is 20.8 Å². The molecule has 0 unspecified atom stereocenters. The SMILES string of the molecule is COc1cc(Br)ccc1-c1cnc(CCCl)o1. The van der Waals surface area contributed by atoms with Gasteiger partial charge < -0.3 is 9.15 Å². The second kappa shape index (κ2) is 5.56. The Kier molecular flexibility index (Phi) is 4.07. The second-order valence-electron chi connectivity index (χ2n) is 3.40. The number of ether oxygens (including phenoxy) is 1. The number of hydrogen-bond donors (Lipinski definition) is 0. The molecule has 0 saturated heterocycles. The highest BCUT2D eigenvalue weighted by atomic mass is 79.9. The molecule has 0 aliphatic heterocycles. The first kappa shape index (κ1) is 12.5. The van der Waals surface area contributed by atoms with E-state index in [1.165, 1.54) is 0 Å². The predicted octanol–water partition coefficient (Wildman–Crippen LogP) is 3.89. The number of rotatable bonds is 4. The minimum atomic E-state index is 0.497. The quantitative estimate of drug-likeness (QED) is 0.803. The summed E-state index contributed by atoms with van der Waals surface area (Å²) in [6.45, 7) is 0. The zero-order valence-electron chi connectivity index (χ0n) is 9.24. The number of oxazole rings is 1. The van der Waals surface area contributed by atoms with Gasteiger partial charge in [0.2, 0.25) is 0 Å². The van der Waals surface area contributed by atoms with E-state index in [0.717, 1.165) is 15.8 Å². The van der Waals surface area contributed by atoms with Crippen LogP contribution >= 0.6 is 27.5 Å². The molecule has 0 saturated carbocycles. The van der Waals surface area contributed by atoms with Crippen molar-refractivity contribution in [2.24, 2.45) is 0 Å². The van der Waals surface area contributed by atoms with Gasteiger partial charge in [0.05, 0.1) is 18.9 Å². The minimum absolute atomic E-state index is 0.497. The molecular weight excluding hydrogens is 305 g/mol. The fourth-order valence-electron chi connectivity index (χ4n) is 1.50. The number of benzene rings is 1. The Morgan fingerprint density at radius 3 is 3.00 bits per heavy atom. The summed E-state index contributed by atoms with van der Waals surface area (Å²) in [7, 11) is 1.63. The zero-order valence-corrected chi connectivity index (χ0v) is 11.6. The molecule has 1 aromatic carbocycles. The maximum Gasteiger partial charge on any atom is 0.196 e. The Morgan fingerprint density at radius 2 is 2.29 bits per heavy atom. The van der Waals surface area contributed by atoms with E-state index in [0.29, 0.717) is 24.0 Å².